The average Bonchev–Trinajstić information content (AvgIpc) is 3.21. The fourth-order valence-electron chi connectivity index (χ4n) is 5.94. The fraction of sp³-hybridized carbons (Fsp3) is 0.389. The number of hydrogen-bond donors (Lipinski definition) is 0. The Balaban J connectivity index is 1.55. The van der Waals surface area contributed by atoms with Crippen LogP contribution in [-0.2, 0) is 29.8 Å². The summed E-state index contributed by atoms with van der Waals surface area (Å²) >= 11 is 0. The monoisotopic (exact) mass is 599 g/mol. The summed E-state index contributed by atoms with van der Waals surface area (Å²) < 4.78 is 28.2. The first kappa shape index (κ1) is 31.1. The van der Waals surface area contributed by atoms with E-state index in [1.54, 1.807) is 30.0 Å². The highest BCUT2D eigenvalue weighted by molar-refractivity contribution is 6.10. The van der Waals surface area contributed by atoms with Crippen LogP contribution in [0, 0.1) is 5.82 Å². The lowest BCUT2D eigenvalue weighted by atomic mass is 9.99. The van der Waals surface area contributed by atoms with Crippen LogP contribution in [-0.4, -0.2) is 52.7 Å². The van der Waals surface area contributed by atoms with E-state index >= 15 is 4.39 Å². The van der Waals surface area contributed by atoms with Gasteiger partial charge in [0, 0.05) is 37.6 Å². The number of rotatable bonds is 6. The molecule has 1 aliphatic heterocycles. The first-order valence-corrected chi connectivity index (χ1v) is 15.0. The number of ether oxygens (including phenoxy) is 2. The van der Waals surface area contributed by atoms with E-state index in [-0.39, 0.29) is 12.0 Å². The Morgan fingerprint density at radius 1 is 0.955 bits per heavy atom. The molecule has 4 aromatic rings. The summed E-state index contributed by atoms with van der Waals surface area (Å²) in [6, 6.07) is 18.7. The van der Waals surface area contributed by atoms with Crippen LogP contribution in [0.5, 0.6) is 5.75 Å². The third kappa shape index (κ3) is 6.30. The quantitative estimate of drug-likeness (QED) is 0.227. The number of halogens is 1. The normalized spacial score (nSPS) is 13.7. The van der Waals surface area contributed by atoms with Gasteiger partial charge in [0.15, 0.2) is 0 Å². The molecule has 0 fully saturated rings. The molecular weight excluding hydrogens is 557 g/mol. The second kappa shape index (κ2) is 11.6. The summed E-state index contributed by atoms with van der Waals surface area (Å²) in [6.07, 6.45) is 0.243. The van der Waals surface area contributed by atoms with Gasteiger partial charge < -0.3 is 23.8 Å². The molecule has 232 valence electrons. The topological polar surface area (TPSA) is 64.0 Å². The van der Waals surface area contributed by atoms with E-state index in [1.807, 2.05) is 69.3 Å². The number of carbonyl (C=O) groups is 2. The summed E-state index contributed by atoms with van der Waals surface area (Å²) in [4.78, 5) is 29.9. The maximum absolute atomic E-state index is 15.3. The lowest BCUT2D eigenvalue weighted by Crippen LogP contribution is -2.33. The highest BCUT2D eigenvalue weighted by atomic mass is 19.1. The minimum atomic E-state index is -0.570. The van der Waals surface area contributed by atoms with Crippen molar-refractivity contribution in [3.05, 3.63) is 88.7 Å². The first-order valence-electron chi connectivity index (χ1n) is 15.0. The summed E-state index contributed by atoms with van der Waals surface area (Å²) in [7, 11) is 3.34. The molecule has 5 rings (SSSR count). The smallest absolute Gasteiger partial charge is 0.410 e. The van der Waals surface area contributed by atoms with E-state index in [9.17, 15) is 9.59 Å². The fourth-order valence-corrected chi connectivity index (χ4v) is 5.94. The van der Waals surface area contributed by atoms with Gasteiger partial charge in [-0.3, -0.25) is 4.79 Å². The van der Waals surface area contributed by atoms with Gasteiger partial charge in [0.05, 0.1) is 23.9 Å². The van der Waals surface area contributed by atoms with Crippen molar-refractivity contribution in [2.75, 3.05) is 20.7 Å². The Morgan fingerprint density at radius 3 is 2.18 bits per heavy atom. The van der Waals surface area contributed by atoms with Crippen molar-refractivity contribution in [1.29, 1.82) is 0 Å². The van der Waals surface area contributed by atoms with Gasteiger partial charge in [-0.15, -0.1) is 0 Å². The van der Waals surface area contributed by atoms with Crippen molar-refractivity contribution < 1.29 is 23.5 Å². The van der Waals surface area contributed by atoms with Crippen LogP contribution in [0.2, 0.25) is 0 Å². The van der Waals surface area contributed by atoms with Gasteiger partial charge in [-0.25, -0.2) is 9.18 Å². The largest absolute Gasteiger partial charge is 0.497 e. The first-order chi connectivity index (χ1) is 20.7. The number of carbonyl (C=O) groups excluding carboxylic acids is 2. The second-order valence-electron chi connectivity index (χ2n) is 13.5. The molecule has 7 nitrogen and oxygen atoms in total. The molecule has 0 bridgehead atoms. The van der Waals surface area contributed by atoms with Crippen LogP contribution < -0.4 is 4.74 Å². The van der Waals surface area contributed by atoms with E-state index in [0.717, 1.165) is 39.1 Å². The molecule has 3 aromatic carbocycles. The van der Waals surface area contributed by atoms with E-state index in [2.05, 4.69) is 25.3 Å². The van der Waals surface area contributed by atoms with Gasteiger partial charge >= 0.3 is 6.09 Å². The van der Waals surface area contributed by atoms with Crippen molar-refractivity contribution in [2.24, 2.45) is 0 Å². The summed E-state index contributed by atoms with van der Waals surface area (Å²) in [5, 5.41) is 0.812. The minimum Gasteiger partial charge on any atom is -0.497 e. The molecule has 8 heteroatoms. The molecule has 2 heterocycles. The highest BCUT2D eigenvalue weighted by Gasteiger charge is 2.33. The van der Waals surface area contributed by atoms with Crippen LogP contribution in [0.15, 0.2) is 60.7 Å². The van der Waals surface area contributed by atoms with Gasteiger partial charge in [-0.1, -0.05) is 36.4 Å². The predicted molar refractivity (Wildman–Crippen MR) is 171 cm³/mol. The lowest BCUT2D eigenvalue weighted by molar-refractivity contribution is 0.0285. The molecule has 0 saturated carbocycles. The molecule has 0 unspecified atom stereocenters. The zero-order chi connectivity index (χ0) is 32.0. The zero-order valence-electron chi connectivity index (χ0n) is 27.0. The number of methoxy groups -OCH3 is 1. The van der Waals surface area contributed by atoms with Crippen molar-refractivity contribution in [3.63, 3.8) is 0 Å². The van der Waals surface area contributed by atoms with Gasteiger partial charge in [0.1, 0.15) is 17.2 Å². The van der Waals surface area contributed by atoms with Crippen LogP contribution in [0.3, 0.4) is 0 Å². The maximum Gasteiger partial charge on any atom is 0.410 e. The molecule has 2 amide bonds. The summed E-state index contributed by atoms with van der Waals surface area (Å²) in [5.74, 6) is 0.137. The Bertz CT molecular complexity index is 1690. The molecular formula is C36H42FN3O4. The highest BCUT2D eigenvalue weighted by Crippen LogP contribution is 2.42. The number of nitrogens with zero attached hydrogens (tertiary/aromatic N) is 3. The third-order valence-corrected chi connectivity index (χ3v) is 7.84. The summed E-state index contributed by atoms with van der Waals surface area (Å²) in [6.45, 7) is 13.1. The van der Waals surface area contributed by atoms with Crippen LogP contribution in [0.25, 0.3) is 22.2 Å². The Hall–Kier alpha value is -4.33. The van der Waals surface area contributed by atoms with Crippen molar-refractivity contribution >= 4 is 22.9 Å². The Morgan fingerprint density at radius 2 is 1.59 bits per heavy atom. The maximum atomic E-state index is 15.3. The second-order valence-corrected chi connectivity index (χ2v) is 13.5. The molecule has 0 N–H and O–H groups in total. The lowest BCUT2D eigenvalue weighted by Gasteiger charge is -2.28. The summed E-state index contributed by atoms with van der Waals surface area (Å²) in [5.41, 5.74) is 5.06. The Labute approximate surface area is 259 Å². The molecule has 1 aliphatic rings. The predicted octanol–water partition coefficient (Wildman–Crippen LogP) is 7.78. The number of benzene rings is 3. The zero-order valence-corrected chi connectivity index (χ0v) is 27.0. The van der Waals surface area contributed by atoms with E-state index in [4.69, 9.17) is 9.47 Å². The number of aromatic nitrogens is 1. The molecule has 0 saturated heterocycles. The Kier molecular flexibility index (Phi) is 8.23. The molecule has 0 atom stereocenters. The standard InChI is InChI=1S/C36H42FN3O4/c1-35(2,3)40-30-20-26(37)19-29-31(30)28(17-18-39(33(29)41)22-24-11-15-27(43-8)16-12-24)32(40)25-13-9-23(10-14-25)21-38(7)34(42)44-36(4,5)6/h9-16,19-20H,17-18,21-22H2,1-8H3. The van der Waals surface area contributed by atoms with Crippen LogP contribution in [0.1, 0.15) is 68.6 Å². The minimum absolute atomic E-state index is 0.179. The van der Waals surface area contributed by atoms with Gasteiger partial charge in [0.25, 0.3) is 5.91 Å². The van der Waals surface area contributed by atoms with E-state index < -0.39 is 17.0 Å². The molecule has 44 heavy (non-hydrogen) atoms. The van der Waals surface area contributed by atoms with E-state index in [0.29, 0.717) is 37.1 Å². The SMILES string of the molecule is COc1ccc(CN2CCc3c(-c4ccc(CN(C)C(=O)OC(C)(C)C)cc4)n(C(C)(C)C)c4cc(F)cc(c34)C2=O)cc1. The van der Waals surface area contributed by atoms with Crippen molar-refractivity contribution in [2.45, 2.75) is 72.2 Å². The van der Waals surface area contributed by atoms with Crippen LogP contribution in [0.4, 0.5) is 9.18 Å². The molecule has 1 aromatic heterocycles. The number of hydrogen-bond acceptors (Lipinski definition) is 4. The number of amides is 2. The van der Waals surface area contributed by atoms with Crippen molar-refractivity contribution in [3.8, 4) is 17.0 Å². The third-order valence-electron chi connectivity index (χ3n) is 7.84. The average molecular weight is 600 g/mol. The van der Waals surface area contributed by atoms with E-state index in [1.165, 1.54) is 6.07 Å². The van der Waals surface area contributed by atoms with Crippen molar-refractivity contribution in [1.82, 2.24) is 14.4 Å². The molecule has 0 radical (unpaired) electrons. The van der Waals surface area contributed by atoms with Crippen LogP contribution >= 0.6 is 0 Å². The van der Waals surface area contributed by atoms with Gasteiger partial charge in [0.2, 0.25) is 0 Å². The molecule has 0 aliphatic carbocycles. The van der Waals surface area contributed by atoms with Gasteiger partial charge in [-0.2, -0.15) is 0 Å². The van der Waals surface area contributed by atoms with Gasteiger partial charge in [-0.05, 0) is 94.5 Å². The molecule has 0 spiro atoms.